The zero-order valence-electron chi connectivity index (χ0n) is 10.6. The van der Waals surface area contributed by atoms with Crippen LogP contribution in [-0.2, 0) is 5.75 Å². The van der Waals surface area contributed by atoms with E-state index in [1.165, 1.54) is 4.70 Å². The van der Waals surface area contributed by atoms with E-state index in [4.69, 9.17) is 10.0 Å². The van der Waals surface area contributed by atoms with Gasteiger partial charge < -0.3 is 10.0 Å². The van der Waals surface area contributed by atoms with Crippen LogP contribution in [0.25, 0.3) is 10.2 Å². The summed E-state index contributed by atoms with van der Waals surface area (Å²) in [4.78, 5) is 4.57. The van der Waals surface area contributed by atoms with Gasteiger partial charge in [0.2, 0.25) is 0 Å². The van der Waals surface area contributed by atoms with Gasteiger partial charge in [0.15, 0.2) is 4.34 Å². The monoisotopic (exact) mass is 301 g/mol. The van der Waals surface area contributed by atoms with Gasteiger partial charge in [-0.2, -0.15) is 0 Å². The van der Waals surface area contributed by atoms with E-state index in [1.54, 1.807) is 29.2 Å². The second-order valence-electron chi connectivity index (χ2n) is 4.35. The predicted octanol–water partition coefficient (Wildman–Crippen LogP) is 2.27. The summed E-state index contributed by atoms with van der Waals surface area (Å²) >= 11 is 3.34. The van der Waals surface area contributed by atoms with Crippen molar-refractivity contribution in [3.63, 3.8) is 0 Å². The molecule has 0 aliphatic carbocycles. The number of hydrogen-bond acceptors (Lipinski definition) is 5. The zero-order valence-corrected chi connectivity index (χ0v) is 12.2. The van der Waals surface area contributed by atoms with Crippen LogP contribution in [0.2, 0.25) is 0 Å². The summed E-state index contributed by atoms with van der Waals surface area (Å²) < 4.78 is 2.22. The molecule has 0 aliphatic heterocycles. The SMILES string of the molecule is OB(O)c1cccc(CSc2nc3ccccc3s2)c1. The van der Waals surface area contributed by atoms with Gasteiger partial charge in [0.25, 0.3) is 0 Å². The van der Waals surface area contributed by atoms with Crippen LogP contribution in [0.4, 0.5) is 0 Å². The Bertz CT molecular complexity index is 697. The molecule has 0 saturated carbocycles. The summed E-state index contributed by atoms with van der Waals surface area (Å²) in [6.45, 7) is 0. The van der Waals surface area contributed by atoms with Crippen LogP contribution < -0.4 is 5.46 Å². The van der Waals surface area contributed by atoms with Crippen molar-refractivity contribution < 1.29 is 10.0 Å². The van der Waals surface area contributed by atoms with Gasteiger partial charge in [-0.1, -0.05) is 48.2 Å². The van der Waals surface area contributed by atoms with E-state index >= 15 is 0 Å². The Morgan fingerprint density at radius 2 is 1.95 bits per heavy atom. The second kappa shape index (κ2) is 5.97. The fourth-order valence-electron chi connectivity index (χ4n) is 1.90. The summed E-state index contributed by atoms with van der Waals surface area (Å²) in [6.07, 6.45) is 0. The molecule has 3 rings (SSSR count). The molecule has 2 aromatic carbocycles. The van der Waals surface area contributed by atoms with Gasteiger partial charge in [0.1, 0.15) is 0 Å². The van der Waals surface area contributed by atoms with Gasteiger partial charge in [-0.25, -0.2) is 4.98 Å². The maximum Gasteiger partial charge on any atom is 0.488 e. The van der Waals surface area contributed by atoms with Crippen LogP contribution in [0.15, 0.2) is 52.9 Å². The molecule has 0 radical (unpaired) electrons. The van der Waals surface area contributed by atoms with Crippen molar-refractivity contribution in [3.8, 4) is 0 Å². The first kappa shape index (κ1) is 13.6. The van der Waals surface area contributed by atoms with Gasteiger partial charge in [-0.3, -0.25) is 0 Å². The minimum Gasteiger partial charge on any atom is -0.423 e. The van der Waals surface area contributed by atoms with Crippen molar-refractivity contribution in [1.82, 2.24) is 4.98 Å². The average Bonchev–Trinajstić information content (AvgIpc) is 2.88. The van der Waals surface area contributed by atoms with Crippen molar-refractivity contribution in [2.45, 2.75) is 10.1 Å². The lowest BCUT2D eigenvalue weighted by atomic mass is 9.80. The molecule has 1 aromatic heterocycles. The minimum atomic E-state index is -1.41. The number of benzene rings is 2. The molecular formula is C14H12BNO2S2. The van der Waals surface area contributed by atoms with Crippen molar-refractivity contribution in [1.29, 1.82) is 0 Å². The lowest BCUT2D eigenvalue weighted by Gasteiger charge is -2.03. The molecule has 0 amide bonds. The molecule has 3 aromatic rings. The third kappa shape index (κ3) is 3.04. The Hall–Kier alpha value is -1.34. The first-order chi connectivity index (χ1) is 9.72. The normalized spacial score (nSPS) is 10.9. The topological polar surface area (TPSA) is 53.4 Å². The summed E-state index contributed by atoms with van der Waals surface area (Å²) in [5.41, 5.74) is 2.60. The number of nitrogens with zero attached hydrogens (tertiary/aromatic N) is 1. The van der Waals surface area contributed by atoms with Crippen LogP contribution in [0.5, 0.6) is 0 Å². The van der Waals surface area contributed by atoms with Gasteiger partial charge in [-0.15, -0.1) is 11.3 Å². The average molecular weight is 301 g/mol. The number of hydrogen-bond donors (Lipinski definition) is 2. The highest BCUT2D eigenvalue weighted by Gasteiger charge is 2.11. The number of thiazole rings is 1. The van der Waals surface area contributed by atoms with Crippen LogP contribution in [0.3, 0.4) is 0 Å². The molecule has 2 N–H and O–H groups in total. The van der Waals surface area contributed by atoms with E-state index in [-0.39, 0.29) is 0 Å². The van der Waals surface area contributed by atoms with Crippen molar-refractivity contribution in [2.75, 3.05) is 0 Å². The highest BCUT2D eigenvalue weighted by Crippen LogP contribution is 2.31. The predicted molar refractivity (Wildman–Crippen MR) is 85.4 cm³/mol. The Morgan fingerprint density at radius 3 is 2.75 bits per heavy atom. The van der Waals surface area contributed by atoms with E-state index in [9.17, 15) is 0 Å². The third-order valence-corrected chi connectivity index (χ3v) is 5.14. The van der Waals surface area contributed by atoms with Gasteiger partial charge in [0.05, 0.1) is 10.2 Å². The van der Waals surface area contributed by atoms with Crippen molar-refractivity contribution in [2.24, 2.45) is 0 Å². The molecule has 0 aliphatic rings. The number of para-hydroxylation sites is 1. The fraction of sp³-hybridized carbons (Fsp3) is 0.0714. The van der Waals surface area contributed by atoms with E-state index < -0.39 is 7.12 Å². The molecule has 3 nitrogen and oxygen atoms in total. The van der Waals surface area contributed by atoms with E-state index in [0.29, 0.717) is 5.46 Å². The minimum absolute atomic E-state index is 0.521. The number of aromatic nitrogens is 1. The summed E-state index contributed by atoms with van der Waals surface area (Å²) in [5, 5.41) is 18.3. The van der Waals surface area contributed by atoms with Crippen molar-refractivity contribution in [3.05, 3.63) is 54.1 Å². The summed E-state index contributed by atoms with van der Waals surface area (Å²) in [5.74, 6) is 0.764. The van der Waals surface area contributed by atoms with Crippen LogP contribution in [0, 0.1) is 0 Å². The van der Waals surface area contributed by atoms with Gasteiger partial charge in [0, 0.05) is 5.75 Å². The highest BCUT2D eigenvalue weighted by atomic mass is 32.2. The number of fused-ring (bicyclic) bond motifs is 1. The fourth-order valence-corrected chi connectivity index (χ4v) is 3.91. The molecule has 0 saturated heterocycles. The molecule has 0 fully saturated rings. The van der Waals surface area contributed by atoms with E-state index in [0.717, 1.165) is 21.2 Å². The molecular weight excluding hydrogens is 289 g/mol. The van der Waals surface area contributed by atoms with Crippen LogP contribution in [-0.4, -0.2) is 22.2 Å². The number of thioether (sulfide) groups is 1. The molecule has 0 bridgehead atoms. The van der Waals surface area contributed by atoms with Gasteiger partial charge >= 0.3 is 7.12 Å². The third-order valence-electron chi connectivity index (χ3n) is 2.89. The summed E-state index contributed by atoms with van der Waals surface area (Å²) in [6, 6.07) is 15.4. The first-order valence-electron chi connectivity index (χ1n) is 6.16. The Kier molecular flexibility index (Phi) is 4.07. The molecule has 0 atom stereocenters. The maximum absolute atomic E-state index is 9.17. The maximum atomic E-state index is 9.17. The lowest BCUT2D eigenvalue weighted by Crippen LogP contribution is -2.29. The number of rotatable bonds is 4. The smallest absolute Gasteiger partial charge is 0.423 e. The molecule has 0 spiro atoms. The van der Waals surface area contributed by atoms with Crippen LogP contribution >= 0.6 is 23.1 Å². The Balaban J connectivity index is 1.74. The standard InChI is InChI=1S/C14H12BNO2S2/c17-15(18)11-5-3-4-10(8-11)9-19-14-16-12-6-1-2-7-13(12)20-14/h1-8,17-18H,9H2. The molecule has 6 heteroatoms. The highest BCUT2D eigenvalue weighted by molar-refractivity contribution is 8.00. The molecule has 20 heavy (non-hydrogen) atoms. The zero-order chi connectivity index (χ0) is 13.9. The molecule has 100 valence electrons. The summed E-state index contributed by atoms with van der Waals surface area (Å²) in [7, 11) is -1.41. The first-order valence-corrected chi connectivity index (χ1v) is 7.96. The Morgan fingerprint density at radius 1 is 1.10 bits per heavy atom. The quantitative estimate of drug-likeness (QED) is 0.573. The second-order valence-corrected chi connectivity index (χ2v) is 6.61. The van der Waals surface area contributed by atoms with Crippen LogP contribution in [0.1, 0.15) is 5.56 Å². The Labute approximate surface area is 125 Å². The largest absolute Gasteiger partial charge is 0.488 e. The molecule has 1 heterocycles. The van der Waals surface area contributed by atoms with E-state index in [2.05, 4.69) is 11.1 Å². The van der Waals surface area contributed by atoms with Gasteiger partial charge in [-0.05, 0) is 23.2 Å². The molecule has 0 unspecified atom stereocenters. The lowest BCUT2D eigenvalue weighted by molar-refractivity contribution is 0.425. The van der Waals surface area contributed by atoms with Crippen molar-refractivity contribution >= 4 is 45.9 Å². The van der Waals surface area contributed by atoms with E-state index in [1.807, 2.05) is 36.4 Å².